The van der Waals surface area contributed by atoms with Crippen molar-refractivity contribution in [3.63, 3.8) is 0 Å². The Bertz CT molecular complexity index is 814. The number of hydrogen-bond acceptors (Lipinski definition) is 4. The summed E-state index contributed by atoms with van der Waals surface area (Å²) in [5.41, 5.74) is 4.63. The lowest BCUT2D eigenvalue weighted by Gasteiger charge is -2.37. The molecule has 1 aromatic heterocycles. The smallest absolute Gasteiger partial charge is 0.123 e. The molecule has 1 saturated heterocycles. The van der Waals surface area contributed by atoms with E-state index in [1.807, 2.05) is 18.5 Å². The molecule has 0 radical (unpaired) electrons. The monoisotopic (exact) mass is 382 g/mol. The number of aromatic nitrogens is 1. The van der Waals surface area contributed by atoms with Crippen molar-refractivity contribution in [1.29, 1.82) is 0 Å². The van der Waals surface area contributed by atoms with E-state index in [1.54, 1.807) is 12.1 Å². The fraction of sp³-hybridized carbons (Fsp3) is 0.522. The number of likely N-dealkylation sites (tertiary alicyclic amines) is 1. The summed E-state index contributed by atoms with van der Waals surface area (Å²) in [6.45, 7) is 9.47. The molecule has 0 spiro atoms. The van der Waals surface area contributed by atoms with Crippen molar-refractivity contribution >= 4 is 11.4 Å². The molecule has 2 aromatic rings. The molecule has 3 heterocycles. The lowest BCUT2D eigenvalue weighted by atomic mass is 9.99. The van der Waals surface area contributed by atoms with E-state index in [0.717, 1.165) is 36.6 Å². The van der Waals surface area contributed by atoms with E-state index < -0.39 is 0 Å². The lowest BCUT2D eigenvalue weighted by molar-refractivity contribution is 0.119. The van der Waals surface area contributed by atoms with E-state index in [9.17, 15) is 4.39 Å². The van der Waals surface area contributed by atoms with Gasteiger partial charge in [0.05, 0.1) is 11.9 Å². The number of fused-ring (bicyclic) bond motifs is 1. The van der Waals surface area contributed by atoms with Gasteiger partial charge in [-0.2, -0.15) is 0 Å². The van der Waals surface area contributed by atoms with Crippen molar-refractivity contribution in [3.8, 4) is 0 Å². The fourth-order valence-corrected chi connectivity index (χ4v) is 4.59. The Morgan fingerprint density at radius 1 is 1.04 bits per heavy atom. The van der Waals surface area contributed by atoms with Gasteiger partial charge in [-0.25, -0.2) is 4.39 Å². The van der Waals surface area contributed by atoms with Crippen LogP contribution in [0.5, 0.6) is 0 Å². The van der Waals surface area contributed by atoms with Crippen LogP contribution in [0.25, 0.3) is 0 Å². The number of rotatable bonds is 3. The average Bonchev–Trinajstić information content (AvgIpc) is 2.88. The predicted octanol–water partition coefficient (Wildman–Crippen LogP) is 4.39. The van der Waals surface area contributed by atoms with Crippen LogP contribution in [0.15, 0.2) is 36.7 Å². The summed E-state index contributed by atoms with van der Waals surface area (Å²) in [5, 5.41) is 0. The van der Waals surface area contributed by atoms with Crippen molar-refractivity contribution in [1.82, 2.24) is 14.8 Å². The van der Waals surface area contributed by atoms with Crippen LogP contribution in [-0.4, -0.2) is 54.1 Å². The molecule has 4 nitrogen and oxygen atoms in total. The number of anilines is 2. The van der Waals surface area contributed by atoms with Gasteiger partial charge in [0.15, 0.2) is 0 Å². The van der Waals surface area contributed by atoms with Crippen LogP contribution in [0.3, 0.4) is 0 Å². The molecule has 28 heavy (non-hydrogen) atoms. The largest absolute Gasteiger partial charge is 0.338 e. The normalized spacial score (nSPS) is 19.7. The summed E-state index contributed by atoms with van der Waals surface area (Å²) in [7, 11) is 2.21. The van der Waals surface area contributed by atoms with Gasteiger partial charge in [0.2, 0.25) is 0 Å². The van der Waals surface area contributed by atoms with Gasteiger partial charge in [-0.1, -0.05) is 13.8 Å². The molecule has 4 rings (SSSR count). The molecule has 0 aliphatic carbocycles. The van der Waals surface area contributed by atoms with E-state index in [2.05, 4.69) is 46.6 Å². The molecule has 5 heteroatoms. The summed E-state index contributed by atoms with van der Waals surface area (Å²) in [6.07, 6.45) is 6.32. The number of hydrogen-bond donors (Lipinski definition) is 0. The van der Waals surface area contributed by atoms with Crippen molar-refractivity contribution in [2.45, 2.75) is 45.2 Å². The van der Waals surface area contributed by atoms with E-state index in [4.69, 9.17) is 0 Å². The molecule has 0 saturated carbocycles. The maximum absolute atomic E-state index is 13.9. The molecular weight excluding hydrogens is 351 g/mol. The second-order valence-corrected chi connectivity index (χ2v) is 8.52. The van der Waals surface area contributed by atoms with Gasteiger partial charge in [-0.3, -0.25) is 9.88 Å². The molecule has 2 aliphatic heterocycles. The van der Waals surface area contributed by atoms with Gasteiger partial charge in [-0.05, 0) is 74.3 Å². The summed E-state index contributed by atoms with van der Waals surface area (Å²) >= 11 is 0. The summed E-state index contributed by atoms with van der Waals surface area (Å²) in [4.78, 5) is 11.8. The van der Waals surface area contributed by atoms with Gasteiger partial charge >= 0.3 is 0 Å². The molecule has 1 fully saturated rings. The molecule has 0 bridgehead atoms. The highest BCUT2D eigenvalue weighted by Crippen LogP contribution is 2.37. The Labute approximate surface area is 168 Å². The maximum atomic E-state index is 13.9. The third-order valence-electron chi connectivity index (χ3n) is 6.27. The van der Waals surface area contributed by atoms with Crippen LogP contribution in [-0.2, 0) is 6.54 Å². The fourth-order valence-electron chi connectivity index (χ4n) is 4.59. The molecule has 0 atom stereocenters. The highest BCUT2D eigenvalue weighted by Gasteiger charge is 2.28. The number of nitrogens with zero attached hydrogens (tertiary/aromatic N) is 4. The number of pyridine rings is 1. The van der Waals surface area contributed by atoms with Crippen molar-refractivity contribution in [2.75, 3.05) is 38.1 Å². The molecule has 0 unspecified atom stereocenters. The minimum atomic E-state index is -0.165. The third-order valence-corrected chi connectivity index (χ3v) is 6.27. The quantitative estimate of drug-likeness (QED) is 0.785. The van der Waals surface area contributed by atoms with Crippen LogP contribution in [0.1, 0.15) is 43.7 Å². The Morgan fingerprint density at radius 2 is 1.82 bits per heavy atom. The van der Waals surface area contributed by atoms with Crippen LogP contribution in [0, 0.1) is 5.82 Å². The Morgan fingerprint density at radius 3 is 2.57 bits per heavy atom. The first-order valence-electron chi connectivity index (χ1n) is 10.5. The zero-order valence-corrected chi connectivity index (χ0v) is 17.2. The zero-order valence-electron chi connectivity index (χ0n) is 17.2. The molecular formula is C23H31FN4. The van der Waals surface area contributed by atoms with Crippen LogP contribution >= 0.6 is 0 Å². The summed E-state index contributed by atoms with van der Waals surface area (Å²) < 4.78 is 13.9. The van der Waals surface area contributed by atoms with Gasteiger partial charge in [-0.15, -0.1) is 0 Å². The van der Waals surface area contributed by atoms with Crippen molar-refractivity contribution in [2.24, 2.45) is 0 Å². The van der Waals surface area contributed by atoms with Gasteiger partial charge in [0, 0.05) is 37.6 Å². The molecule has 150 valence electrons. The van der Waals surface area contributed by atoms with Gasteiger partial charge in [0.1, 0.15) is 5.82 Å². The number of benzene rings is 1. The Kier molecular flexibility index (Phi) is 5.65. The van der Waals surface area contributed by atoms with E-state index >= 15 is 0 Å². The SMILES string of the molecule is CC(C)c1cc(F)ccc1N1CCN(C2CCN(C)CC2)Cc2ccncc21. The lowest BCUT2D eigenvalue weighted by Crippen LogP contribution is -2.44. The first-order chi connectivity index (χ1) is 13.5. The second kappa shape index (κ2) is 8.18. The zero-order chi connectivity index (χ0) is 19.7. The predicted molar refractivity (Wildman–Crippen MR) is 113 cm³/mol. The molecule has 1 aromatic carbocycles. The first-order valence-corrected chi connectivity index (χ1v) is 10.5. The standard InChI is InChI=1S/C23H31FN4/c1-17(2)21-14-19(24)4-5-22(21)28-13-12-27(20-7-10-26(3)11-8-20)16-18-6-9-25-15-23(18)28/h4-6,9,14-15,17,20H,7-8,10-13,16H2,1-3H3. The number of piperidine rings is 1. The second-order valence-electron chi connectivity index (χ2n) is 8.52. The topological polar surface area (TPSA) is 22.6 Å². The molecule has 2 aliphatic rings. The van der Waals surface area contributed by atoms with E-state index in [1.165, 1.54) is 31.5 Å². The molecule has 0 amide bonds. The summed E-state index contributed by atoms with van der Waals surface area (Å²) in [5.74, 6) is 0.0979. The van der Waals surface area contributed by atoms with Crippen molar-refractivity contribution < 1.29 is 4.39 Å². The first kappa shape index (κ1) is 19.3. The van der Waals surface area contributed by atoms with Crippen LogP contribution < -0.4 is 4.90 Å². The highest BCUT2D eigenvalue weighted by molar-refractivity contribution is 5.69. The number of halogens is 1. The summed E-state index contributed by atoms with van der Waals surface area (Å²) in [6, 6.07) is 7.99. The Hall–Kier alpha value is -1.98. The molecule has 0 N–H and O–H groups in total. The highest BCUT2D eigenvalue weighted by atomic mass is 19.1. The maximum Gasteiger partial charge on any atom is 0.123 e. The average molecular weight is 383 g/mol. The van der Waals surface area contributed by atoms with E-state index in [-0.39, 0.29) is 11.7 Å². The van der Waals surface area contributed by atoms with Gasteiger partial charge in [0.25, 0.3) is 0 Å². The minimum absolute atomic E-state index is 0.165. The third kappa shape index (κ3) is 3.91. The Balaban J connectivity index is 1.68. The van der Waals surface area contributed by atoms with Crippen LogP contribution in [0.4, 0.5) is 15.8 Å². The minimum Gasteiger partial charge on any atom is -0.338 e. The van der Waals surface area contributed by atoms with E-state index in [0.29, 0.717) is 6.04 Å². The van der Waals surface area contributed by atoms with Crippen molar-refractivity contribution in [3.05, 3.63) is 53.6 Å². The van der Waals surface area contributed by atoms with Gasteiger partial charge < -0.3 is 9.80 Å². The van der Waals surface area contributed by atoms with Crippen LogP contribution in [0.2, 0.25) is 0 Å².